The molecule has 3 unspecified atom stereocenters. The van der Waals surface area contributed by atoms with E-state index in [2.05, 4.69) is 37.1 Å². The number of esters is 1. The molecule has 1 aromatic carbocycles. The molecule has 0 saturated heterocycles. The monoisotopic (exact) mass is 567 g/mol. The topological polar surface area (TPSA) is 134 Å². The third-order valence-electron chi connectivity index (χ3n) is 5.71. The minimum Gasteiger partial charge on any atom is -0.508 e. The van der Waals surface area contributed by atoms with Gasteiger partial charge in [-0.2, -0.15) is 12.6 Å². The lowest BCUT2D eigenvalue weighted by molar-refractivity contribution is -0.145. The van der Waals surface area contributed by atoms with Crippen molar-refractivity contribution in [3.8, 4) is 5.75 Å². The number of nitrogens with one attached hydrogen (secondary N) is 2. The van der Waals surface area contributed by atoms with Crippen LogP contribution in [-0.2, 0) is 23.9 Å². The molecule has 1 rings (SSSR count). The molecule has 0 aliphatic rings. The molecule has 3 N–H and O–H groups in total. The Morgan fingerprint density at radius 1 is 1.10 bits per heavy atom. The van der Waals surface area contributed by atoms with Gasteiger partial charge in [0.1, 0.15) is 23.4 Å². The molecule has 0 aromatic heterocycles. The number of phenolic OH excluding ortho intramolecular Hbond substituents is 1. The zero-order valence-corrected chi connectivity index (χ0v) is 25.0. The van der Waals surface area contributed by atoms with E-state index in [-0.39, 0.29) is 31.1 Å². The van der Waals surface area contributed by atoms with E-state index in [9.17, 15) is 24.3 Å². The number of benzene rings is 1. The van der Waals surface area contributed by atoms with Gasteiger partial charge in [-0.05, 0) is 71.1 Å². The van der Waals surface area contributed by atoms with Crippen molar-refractivity contribution in [2.75, 3.05) is 18.9 Å². The summed E-state index contributed by atoms with van der Waals surface area (Å²) in [7, 11) is 0. The van der Waals surface area contributed by atoms with Crippen LogP contribution in [0.3, 0.4) is 0 Å². The Morgan fingerprint density at radius 2 is 1.77 bits per heavy atom. The number of hydrogen-bond donors (Lipinski definition) is 4. The van der Waals surface area contributed by atoms with E-state index in [0.717, 1.165) is 6.42 Å². The van der Waals surface area contributed by atoms with Crippen molar-refractivity contribution < 1.29 is 33.8 Å². The molecule has 0 bridgehead atoms. The fourth-order valence-corrected chi connectivity index (χ4v) is 4.13. The Hall–Kier alpha value is -2.95. The molecule has 0 radical (unpaired) electrons. The number of ether oxygens (including phenoxy) is 2. The van der Waals surface area contributed by atoms with E-state index in [0.29, 0.717) is 17.9 Å². The first-order chi connectivity index (χ1) is 18.2. The van der Waals surface area contributed by atoms with Crippen LogP contribution >= 0.6 is 12.6 Å². The third-order valence-corrected chi connectivity index (χ3v) is 6.07. The lowest BCUT2D eigenvalue weighted by atomic mass is 9.97. The smallest absolute Gasteiger partial charge is 0.408 e. The van der Waals surface area contributed by atoms with Gasteiger partial charge in [0.15, 0.2) is 0 Å². The lowest BCUT2D eigenvalue weighted by Gasteiger charge is -2.38. The van der Waals surface area contributed by atoms with Crippen molar-refractivity contribution >= 4 is 36.5 Å². The van der Waals surface area contributed by atoms with Crippen LogP contribution in [0.2, 0.25) is 0 Å². The molecule has 3 atom stereocenters. The van der Waals surface area contributed by atoms with Crippen LogP contribution in [0.4, 0.5) is 4.79 Å². The summed E-state index contributed by atoms with van der Waals surface area (Å²) < 4.78 is 10.3. The zero-order valence-electron chi connectivity index (χ0n) is 24.2. The number of phenols is 1. The summed E-state index contributed by atoms with van der Waals surface area (Å²) in [4.78, 5) is 53.4. The number of carbonyl (C=O) groups excluding carboxylic acids is 4. The predicted molar refractivity (Wildman–Crippen MR) is 152 cm³/mol. The fourth-order valence-electron chi connectivity index (χ4n) is 3.88. The van der Waals surface area contributed by atoms with Gasteiger partial charge in [0.05, 0.1) is 13.0 Å². The van der Waals surface area contributed by atoms with E-state index in [1.165, 1.54) is 17.0 Å². The molecule has 3 amide bonds. The summed E-state index contributed by atoms with van der Waals surface area (Å²) in [6.07, 6.45) is 0.550. The summed E-state index contributed by atoms with van der Waals surface area (Å²) in [6, 6.07) is 3.44. The first-order valence-electron chi connectivity index (χ1n) is 13.3. The van der Waals surface area contributed by atoms with Crippen LogP contribution in [0, 0.1) is 5.92 Å². The van der Waals surface area contributed by atoms with Crippen LogP contribution in [0.15, 0.2) is 24.3 Å². The highest BCUT2D eigenvalue weighted by molar-refractivity contribution is 7.80. The second-order valence-corrected chi connectivity index (χ2v) is 11.2. The van der Waals surface area contributed by atoms with Gasteiger partial charge in [0, 0.05) is 18.3 Å². The van der Waals surface area contributed by atoms with E-state index in [1.807, 2.05) is 6.92 Å². The Bertz CT molecular complexity index is 965. The van der Waals surface area contributed by atoms with Crippen molar-refractivity contribution in [1.82, 2.24) is 15.5 Å². The van der Waals surface area contributed by atoms with Gasteiger partial charge in [-0.25, -0.2) is 4.79 Å². The maximum absolute atomic E-state index is 14.0. The highest BCUT2D eigenvalue weighted by Gasteiger charge is 2.38. The van der Waals surface area contributed by atoms with Crippen LogP contribution in [0.1, 0.15) is 79.3 Å². The molecule has 0 fully saturated rings. The van der Waals surface area contributed by atoms with Crippen LogP contribution in [0.5, 0.6) is 5.75 Å². The summed E-state index contributed by atoms with van der Waals surface area (Å²) in [5.41, 5.74) is -0.398. The molecule has 220 valence electrons. The average Bonchev–Trinajstić information content (AvgIpc) is 2.82. The molecule has 1 aromatic rings. The Balaban J connectivity index is 3.45. The summed E-state index contributed by atoms with van der Waals surface area (Å²) in [5.74, 6) is -1.28. The molecular formula is C28H45N3O7S. The van der Waals surface area contributed by atoms with Crippen LogP contribution < -0.4 is 10.6 Å². The molecule has 0 heterocycles. The molecule has 0 saturated carbocycles. The maximum atomic E-state index is 14.0. The lowest BCUT2D eigenvalue weighted by Crippen LogP contribution is -2.56. The van der Waals surface area contributed by atoms with Gasteiger partial charge < -0.3 is 30.1 Å². The minimum absolute atomic E-state index is 0.00153. The third kappa shape index (κ3) is 12.2. The number of thiol groups is 1. The second-order valence-electron chi connectivity index (χ2n) is 10.8. The van der Waals surface area contributed by atoms with Gasteiger partial charge in [-0.1, -0.05) is 26.0 Å². The molecule has 0 aliphatic carbocycles. The Morgan fingerprint density at radius 3 is 2.31 bits per heavy atom. The van der Waals surface area contributed by atoms with Crippen molar-refractivity contribution in [2.24, 2.45) is 5.92 Å². The summed E-state index contributed by atoms with van der Waals surface area (Å²) >= 11 is 4.30. The van der Waals surface area contributed by atoms with Crippen LogP contribution in [0.25, 0.3) is 0 Å². The number of carbonyl (C=O) groups is 4. The standard InChI is InChI=1S/C28H45N3O7S/c1-8-37-23(33)14-15-29-25(34)24(20-10-9-11-21(32)16-20)31(19(4)13-12-18(2)3)26(35)22(17-39)30-27(36)38-28(5,6)7/h9-11,16,18-19,22,24,32,39H,8,12-15,17H2,1-7H3,(H,29,34)(H,30,36). The second kappa shape index (κ2) is 16.2. The zero-order chi connectivity index (χ0) is 29.8. The van der Waals surface area contributed by atoms with E-state index in [1.54, 1.807) is 39.8 Å². The number of alkyl carbamates (subject to hydrolysis) is 1. The molecule has 0 aliphatic heterocycles. The minimum atomic E-state index is -1.16. The largest absolute Gasteiger partial charge is 0.508 e. The SMILES string of the molecule is CCOC(=O)CCNC(=O)C(c1cccc(O)c1)N(C(=O)C(CS)NC(=O)OC(C)(C)C)C(C)CCC(C)C. The van der Waals surface area contributed by atoms with Crippen molar-refractivity contribution in [3.63, 3.8) is 0 Å². The normalized spacial score (nSPS) is 13.7. The molecule has 11 heteroatoms. The summed E-state index contributed by atoms with van der Waals surface area (Å²) in [5, 5.41) is 15.5. The molecule has 39 heavy (non-hydrogen) atoms. The molecule has 10 nitrogen and oxygen atoms in total. The fraction of sp³-hybridized carbons (Fsp3) is 0.643. The average molecular weight is 568 g/mol. The van der Waals surface area contributed by atoms with Crippen molar-refractivity contribution in [2.45, 2.75) is 91.5 Å². The molecular weight excluding hydrogens is 522 g/mol. The van der Waals surface area contributed by atoms with E-state index < -0.39 is 47.6 Å². The van der Waals surface area contributed by atoms with Crippen LogP contribution in [-0.4, -0.2) is 70.5 Å². The maximum Gasteiger partial charge on any atom is 0.408 e. The molecule has 0 spiro atoms. The van der Waals surface area contributed by atoms with Crippen molar-refractivity contribution in [1.29, 1.82) is 0 Å². The first-order valence-corrected chi connectivity index (χ1v) is 14.0. The number of aromatic hydroxyl groups is 1. The highest BCUT2D eigenvalue weighted by atomic mass is 32.1. The van der Waals surface area contributed by atoms with Gasteiger partial charge in [0.2, 0.25) is 11.8 Å². The summed E-state index contributed by atoms with van der Waals surface area (Å²) in [6.45, 7) is 13.0. The highest BCUT2D eigenvalue weighted by Crippen LogP contribution is 2.29. The number of rotatable bonds is 14. The number of amides is 3. The van der Waals surface area contributed by atoms with E-state index >= 15 is 0 Å². The Kier molecular flexibility index (Phi) is 14.2. The predicted octanol–water partition coefficient (Wildman–Crippen LogP) is 3.98. The number of hydrogen-bond acceptors (Lipinski definition) is 8. The van der Waals surface area contributed by atoms with Gasteiger partial charge in [-0.15, -0.1) is 0 Å². The Labute approximate surface area is 237 Å². The quantitative estimate of drug-likeness (QED) is 0.197. The van der Waals surface area contributed by atoms with E-state index in [4.69, 9.17) is 9.47 Å². The van der Waals surface area contributed by atoms with Crippen molar-refractivity contribution in [3.05, 3.63) is 29.8 Å². The number of nitrogens with zero attached hydrogens (tertiary/aromatic N) is 1. The first kappa shape index (κ1) is 34.1. The van der Waals surface area contributed by atoms with Gasteiger partial charge in [0.25, 0.3) is 0 Å². The van der Waals surface area contributed by atoms with Gasteiger partial charge in [-0.3, -0.25) is 14.4 Å². The van der Waals surface area contributed by atoms with Gasteiger partial charge >= 0.3 is 12.1 Å².